The minimum atomic E-state index is -0.247. The Morgan fingerprint density at radius 2 is 2.08 bits per heavy atom. The second-order valence-electron chi connectivity index (χ2n) is 7.59. The molecule has 1 saturated carbocycles. The molecule has 0 radical (unpaired) electrons. The molecule has 1 N–H and O–H groups in total. The van der Waals surface area contributed by atoms with Crippen LogP contribution in [0.5, 0.6) is 0 Å². The number of likely N-dealkylation sites (N-methyl/N-ethyl adjacent to an activating group) is 2. The SMILES string of the molecule is CC1CCCC(CNC(=O)c2cn(CC(=O)N(C)C)nn2)(N(C)C)C1. The van der Waals surface area contributed by atoms with Gasteiger partial charge in [0.2, 0.25) is 5.91 Å². The minimum absolute atomic E-state index is 0.00971. The van der Waals surface area contributed by atoms with Crippen molar-refractivity contribution >= 4 is 11.8 Å². The molecule has 0 saturated heterocycles. The summed E-state index contributed by atoms with van der Waals surface area (Å²) < 4.78 is 1.39. The average Bonchev–Trinajstić information content (AvgIpc) is 3.01. The van der Waals surface area contributed by atoms with Crippen LogP contribution in [0.15, 0.2) is 6.20 Å². The van der Waals surface area contributed by atoms with Gasteiger partial charge >= 0.3 is 0 Å². The van der Waals surface area contributed by atoms with Crippen molar-refractivity contribution in [1.29, 1.82) is 0 Å². The summed E-state index contributed by atoms with van der Waals surface area (Å²) in [4.78, 5) is 27.8. The van der Waals surface area contributed by atoms with Crippen molar-refractivity contribution in [2.45, 2.75) is 44.7 Å². The van der Waals surface area contributed by atoms with Gasteiger partial charge in [-0.25, -0.2) is 4.68 Å². The Morgan fingerprint density at radius 1 is 1.36 bits per heavy atom. The summed E-state index contributed by atoms with van der Waals surface area (Å²) in [6.07, 6.45) is 6.09. The van der Waals surface area contributed by atoms with E-state index in [1.54, 1.807) is 14.1 Å². The second kappa shape index (κ2) is 7.95. The number of hydrogen-bond donors (Lipinski definition) is 1. The molecule has 2 atom stereocenters. The molecular weight excluding hydrogens is 320 g/mol. The highest BCUT2D eigenvalue weighted by molar-refractivity contribution is 5.92. The molecule has 25 heavy (non-hydrogen) atoms. The van der Waals surface area contributed by atoms with Crippen molar-refractivity contribution in [3.63, 3.8) is 0 Å². The lowest BCUT2D eigenvalue weighted by Gasteiger charge is -2.45. The molecule has 0 bridgehead atoms. The normalized spacial score (nSPS) is 23.5. The molecule has 1 fully saturated rings. The topological polar surface area (TPSA) is 83.4 Å². The summed E-state index contributed by atoms with van der Waals surface area (Å²) in [6, 6.07) is 0. The number of nitrogens with zero attached hydrogens (tertiary/aromatic N) is 5. The molecule has 1 heterocycles. The molecule has 2 amide bonds. The third-order valence-electron chi connectivity index (χ3n) is 5.16. The molecule has 1 aromatic rings. The first-order chi connectivity index (χ1) is 11.7. The Bertz CT molecular complexity index is 612. The summed E-state index contributed by atoms with van der Waals surface area (Å²) in [5.74, 6) is 0.314. The third kappa shape index (κ3) is 4.78. The van der Waals surface area contributed by atoms with Crippen LogP contribution in [0.2, 0.25) is 0 Å². The number of carbonyl (C=O) groups is 2. The molecule has 2 unspecified atom stereocenters. The van der Waals surface area contributed by atoms with Crippen molar-refractivity contribution in [1.82, 2.24) is 30.1 Å². The number of hydrogen-bond acceptors (Lipinski definition) is 5. The van der Waals surface area contributed by atoms with Crippen molar-refractivity contribution < 1.29 is 9.59 Å². The van der Waals surface area contributed by atoms with E-state index in [4.69, 9.17) is 0 Å². The van der Waals surface area contributed by atoms with E-state index in [0.717, 1.165) is 12.8 Å². The highest BCUT2D eigenvalue weighted by atomic mass is 16.2. The van der Waals surface area contributed by atoms with Gasteiger partial charge < -0.3 is 15.1 Å². The molecule has 0 spiro atoms. The Morgan fingerprint density at radius 3 is 2.68 bits per heavy atom. The number of aromatic nitrogens is 3. The van der Waals surface area contributed by atoms with Gasteiger partial charge in [0.1, 0.15) is 6.54 Å². The summed E-state index contributed by atoms with van der Waals surface area (Å²) in [5.41, 5.74) is 0.230. The fraction of sp³-hybridized carbons (Fsp3) is 0.765. The predicted molar refractivity (Wildman–Crippen MR) is 95.1 cm³/mol. The Kier molecular flexibility index (Phi) is 6.16. The lowest BCUT2D eigenvalue weighted by Crippen LogP contribution is -2.55. The smallest absolute Gasteiger partial charge is 0.273 e. The second-order valence-corrected chi connectivity index (χ2v) is 7.59. The summed E-state index contributed by atoms with van der Waals surface area (Å²) in [7, 11) is 7.51. The van der Waals surface area contributed by atoms with E-state index >= 15 is 0 Å². The standard InChI is InChI=1S/C17H30N6O2/c1-13-7-6-8-17(9-13,22(4)5)12-18-16(25)14-10-23(20-19-14)11-15(24)21(2)3/h10,13H,6-9,11-12H2,1-5H3,(H,18,25). The van der Waals surface area contributed by atoms with E-state index < -0.39 is 0 Å². The first kappa shape index (κ1) is 19.4. The summed E-state index contributed by atoms with van der Waals surface area (Å²) >= 11 is 0. The van der Waals surface area contributed by atoms with Gasteiger partial charge in [0, 0.05) is 26.2 Å². The average molecular weight is 350 g/mol. The van der Waals surface area contributed by atoms with Crippen LogP contribution in [0.4, 0.5) is 0 Å². The highest BCUT2D eigenvalue weighted by Gasteiger charge is 2.37. The van der Waals surface area contributed by atoms with Crippen LogP contribution in [0.25, 0.3) is 0 Å². The van der Waals surface area contributed by atoms with Crippen LogP contribution in [-0.2, 0) is 11.3 Å². The molecule has 1 aliphatic rings. The van der Waals surface area contributed by atoms with Gasteiger partial charge in [-0.2, -0.15) is 0 Å². The minimum Gasteiger partial charge on any atom is -0.349 e. The largest absolute Gasteiger partial charge is 0.349 e. The van der Waals surface area contributed by atoms with Crippen molar-refractivity contribution in [3.05, 3.63) is 11.9 Å². The summed E-state index contributed by atoms with van der Waals surface area (Å²) in [6.45, 7) is 2.94. The van der Waals surface area contributed by atoms with Crippen molar-refractivity contribution in [2.75, 3.05) is 34.7 Å². The van der Waals surface area contributed by atoms with Gasteiger partial charge in [0.05, 0.1) is 6.20 Å². The van der Waals surface area contributed by atoms with Gasteiger partial charge in [-0.15, -0.1) is 5.10 Å². The zero-order valence-corrected chi connectivity index (χ0v) is 15.9. The van der Waals surface area contributed by atoms with Gasteiger partial charge in [0.15, 0.2) is 5.69 Å². The summed E-state index contributed by atoms with van der Waals surface area (Å²) in [5, 5.41) is 10.8. The molecule has 8 heteroatoms. The molecule has 0 aliphatic heterocycles. The fourth-order valence-electron chi connectivity index (χ4n) is 3.45. The molecule has 0 aromatic carbocycles. The Balaban J connectivity index is 1.97. The Labute approximate surface area is 149 Å². The highest BCUT2D eigenvalue weighted by Crippen LogP contribution is 2.35. The van der Waals surface area contributed by atoms with Gasteiger partial charge in [0.25, 0.3) is 5.91 Å². The van der Waals surface area contributed by atoms with Crippen LogP contribution in [0.3, 0.4) is 0 Å². The number of amides is 2. The molecular formula is C17H30N6O2. The van der Waals surface area contributed by atoms with Crippen LogP contribution in [-0.4, -0.2) is 76.9 Å². The van der Waals surface area contributed by atoms with Crippen LogP contribution >= 0.6 is 0 Å². The quantitative estimate of drug-likeness (QED) is 0.813. The lowest BCUT2D eigenvalue weighted by molar-refractivity contribution is -0.129. The van der Waals surface area contributed by atoms with E-state index in [0.29, 0.717) is 12.5 Å². The van der Waals surface area contributed by atoms with E-state index in [1.165, 1.54) is 28.6 Å². The molecule has 1 aromatic heterocycles. The molecule has 8 nitrogen and oxygen atoms in total. The van der Waals surface area contributed by atoms with Gasteiger partial charge in [-0.3, -0.25) is 9.59 Å². The first-order valence-electron chi connectivity index (χ1n) is 8.79. The van der Waals surface area contributed by atoms with Gasteiger partial charge in [-0.1, -0.05) is 25.0 Å². The van der Waals surface area contributed by atoms with Crippen LogP contribution in [0.1, 0.15) is 43.1 Å². The van der Waals surface area contributed by atoms with Gasteiger partial charge in [-0.05, 0) is 32.9 Å². The zero-order chi connectivity index (χ0) is 18.6. The molecule has 140 valence electrons. The van der Waals surface area contributed by atoms with Crippen molar-refractivity contribution in [3.8, 4) is 0 Å². The maximum Gasteiger partial charge on any atom is 0.273 e. The monoisotopic (exact) mass is 350 g/mol. The maximum atomic E-state index is 12.4. The zero-order valence-electron chi connectivity index (χ0n) is 15.9. The van der Waals surface area contributed by atoms with E-state index in [9.17, 15) is 9.59 Å². The van der Waals surface area contributed by atoms with E-state index in [2.05, 4.69) is 41.5 Å². The molecule has 1 aliphatic carbocycles. The Hall–Kier alpha value is -1.96. The van der Waals surface area contributed by atoms with E-state index in [1.807, 2.05) is 0 Å². The van der Waals surface area contributed by atoms with E-state index in [-0.39, 0.29) is 29.6 Å². The van der Waals surface area contributed by atoms with Crippen LogP contribution in [0, 0.1) is 5.92 Å². The number of carbonyl (C=O) groups excluding carboxylic acids is 2. The van der Waals surface area contributed by atoms with Crippen molar-refractivity contribution in [2.24, 2.45) is 5.92 Å². The third-order valence-corrected chi connectivity index (χ3v) is 5.16. The maximum absolute atomic E-state index is 12.4. The predicted octanol–water partition coefficient (Wildman–Crippen LogP) is 0.607. The number of rotatable bonds is 6. The fourth-order valence-corrected chi connectivity index (χ4v) is 3.45. The lowest BCUT2D eigenvalue weighted by atomic mass is 9.75. The van der Waals surface area contributed by atoms with Crippen LogP contribution < -0.4 is 5.32 Å². The number of nitrogens with one attached hydrogen (secondary N) is 1. The molecule has 2 rings (SSSR count). The first-order valence-corrected chi connectivity index (χ1v) is 8.79.